The molecule has 0 saturated heterocycles. The maximum absolute atomic E-state index is 13.2. The summed E-state index contributed by atoms with van der Waals surface area (Å²) in [4.78, 5) is 11.1. The number of methoxy groups -OCH3 is 1. The van der Waals surface area contributed by atoms with Gasteiger partial charge in [-0.25, -0.2) is 4.39 Å². The quantitative estimate of drug-likeness (QED) is 0.776. The minimum absolute atomic E-state index is 0.152. The first-order chi connectivity index (χ1) is 7.17. The first-order valence-electron chi connectivity index (χ1n) is 4.44. The molecule has 1 aromatic carbocycles. The standard InChI is InChI=1S/C11H12FNO2/c1-3-4-11(14)13-8-5-6-10(15-2)9(12)7-8/h3-7H,1-2H3,(H,13,14)/b4-3+. The molecule has 0 aliphatic carbocycles. The van der Waals surface area contributed by atoms with Gasteiger partial charge < -0.3 is 10.1 Å². The number of rotatable bonds is 3. The molecule has 1 aromatic rings. The summed E-state index contributed by atoms with van der Waals surface area (Å²) in [6.45, 7) is 1.73. The number of ether oxygens (including phenoxy) is 1. The Bertz CT molecular complexity index is 388. The Morgan fingerprint density at radius 3 is 2.80 bits per heavy atom. The van der Waals surface area contributed by atoms with Crippen molar-refractivity contribution in [2.45, 2.75) is 6.92 Å². The Morgan fingerprint density at radius 1 is 1.53 bits per heavy atom. The van der Waals surface area contributed by atoms with E-state index in [1.807, 2.05) is 0 Å². The number of nitrogens with one attached hydrogen (secondary N) is 1. The maximum Gasteiger partial charge on any atom is 0.248 e. The van der Waals surface area contributed by atoms with Crippen LogP contribution in [-0.2, 0) is 4.79 Å². The van der Waals surface area contributed by atoms with E-state index in [0.29, 0.717) is 5.69 Å². The van der Waals surface area contributed by atoms with Crippen LogP contribution in [0, 0.1) is 5.82 Å². The third-order valence-electron chi connectivity index (χ3n) is 1.74. The third kappa shape index (κ3) is 3.09. The van der Waals surface area contributed by atoms with Crippen molar-refractivity contribution in [2.75, 3.05) is 12.4 Å². The van der Waals surface area contributed by atoms with Gasteiger partial charge >= 0.3 is 0 Å². The van der Waals surface area contributed by atoms with Gasteiger partial charge in [0.1, 0.15) is 0 Å². The van der Waals surface area contributed by atoms with Crippen molar-refractivity contribution in [1.82, 2.24) is 0 Å². The third-order valence-corrected chi connectivity index (χ3v) is 1.74. The minimum atomic E-state index is -0.504. The average molecular weight is 209 g/mol. The van der Waals surface area contributed by atoms with Gasteiger partial charge in [-0.05, 0) is 25.1 Å². The van der Waals surface area contributed by atoms with Crippen LogP contribution in [0.2, 0.25) is 0 Å². The SMILES string of the molecule is C/C=C/C(=O)Nc1ccc(OC)c(F)c1. The molecule has 0 aliphatic heterocycles. The van der Waals surface area contributed by atoms with E-state index in [2.05, 4.69) is 5.32 Å². The Hall–Kier alpha value is -1.84. The molecular weight excluding hydrogens is 197 g/mol. The largest absolute Gasteiger partial charge is 0.494 e. The molecule has 0 aromatic heterocycles. The fourth-order valence-corrected chi connectivity index (χ4v) is 1.08. The predicted molar refractivity (Wildman–Crippen MR) is 56.4 cm³/mol. The van der Waals surface area contributed by atoms with Crippen LogP contribution in [-0.4, -0.2) is 13.0 Å². The first kappa shape index (κ1) is 11.2. The van der Waals surface area contributed by atoms with Crippen LogP contribution in [0.1, 0.15) is 6.92 Å². The average Bonchev–Trinajstić information content (AvgIpc) is 2.18. The van der Waals surface area contributed by atoms with E-state index < -0.39 is 5.82 Å². The second-order valence-electron chi connectivity index (χ2n) is 2.84. The first-order valence-corrected chi connectivity index (χ1v) is 4.44. The van der Waals surface area contributed by atoms with Gasteiger partial charge in [0.05, 0.1) is 7.11 Å². The smallest absolute Gasteiger partial charge is 0.248 e. The summed E-state index contributed by atoms with van der Waals surface area (Å²) in [6.07, 6.45) is 2.97. The zero-order chi connectivity index (χ0) is 11.3. The molecule has 3 nitrogen and oxygen atoms in total. The van der Waals surface area contributed by atoms with Gasteiger partial charge in [-0.2, -0.15) is 0 Å². The number of hydrogen-bond acceptors (Lipinski definition) is 2. The fourth-order valence-electron chi connectivity index (χ4n) is 1.08. The summed E-state index contributed by atoms with van der Waals surface area (Å²) in [5.41, 5.74) is 0.399. The highest BCUT2D eigenvalue weighted by Gasteiger charge is 2.04. The lowest BCUT2D eigenvalue weighted by molar-refractivity contribution is -0.111. The van der Waals surface area contributed by atoms with Crippen molar-refractivity contribution < 1.29 is 13.9 Å². The summed E-state index contributed by atoms with van der Waals surface area (Å²) in [5.74, 6) is -0.642. The molecule has 1 amide bonds. The normalized spacial score (nSPS) is 10.3. The Kier molecular flexibility index (Phi) is 3.85. The molecule has 0 radical (unpaired) electrons. The van der Waals surface area contributed by atoms with Gasteiger partial charge in [-0.3, -0.25) is 4.79 Å². The van der Waals surface area contributed by atoms with Crippen LogP contribution >= 0.6 is 0 Å². The molecule has 80 valence electrons. The van der Waals surface area contributed by atoms with E-state index in [9.17, 15) is 9.18 Å². The second-order valence-corrected chi connectivity index (χ2v) is 2.84. The van der Waals surface area contributed by atoms with E-state index in [-0.39, 0.29) is 11.7 Å². The summed E-state index contributed by atoms with van der Waals surface area (Å²) < 4.78 is 17.9. The highest BCUT2D eigenvalue weighted by Crippen LogP contribution is 2.20. The highest BCUT2D eigenvalue weighted by atomic mass is 19.1. The maximum atomic E-state index is 13.2. The number of carbonyl (C=O) groups excluding carboxylic acids is 1. The number of halogens is 1. The van der Waals surface area contributed by atoms with Crippen molar-refractivity contribution in [1.29, 1.82) is 0 Å². The number of hydrogen-bond donors (Lipinski definition) is 1. The molecule has 1 N–H and O–H groups in total. The van der Waals surface area contributed by atoms with Crippen LogP contribution in [0.15, 0.2) is 30.4 Å². The number of allylic oxidation sites excluding steroid dienone is 1. The van der Waals surface area contributed by atoms with E-state index in [1.165, 1.54) is 25.3 Å². The lowest BCUT2D eigenvalue weighted by atomic mass is 10.3. The molecule has 0 atom stereocenters. The summed E-state index contributed by atoms with van der Waals surface area (Å²) >= 11 is 0. The van der Waals surface area contributed by atoms with Gasteiger partial charge in [-0.15, -0.1) is 0 Å². The fraction of sp³-hybridized carbons (Fsp3) is 0.182. The van der Waals surface area contributed by atoms with Crippen LogP contribution in [0.3, 0.4) is 0 Å². The number of benzene rings is 1. The Morgan fingerprint density at radius 2 is 2.27 bits per heavy atom. The lowest BCUT2D eigenvalue weighted by Gasteiger charge is -2.05. The summed E-state index contributed by atoms with van der Waals surface area (Å²) in [6, 6.07) is 4.24. The molecule has 0 bridgehead atoms. The molecule has 1 rings (SSSR count). The number of carbonyl (C=O) groups is 1. The summed E-state index contributed by atoms with van der Waals surface area (Å²) in [7, 11) is 1.39. The number of amides is 1. The van der Waals surface area contributed by atoms with Crippen LogP contribution in [0.5, 0.6) is 5.75 Å². The van der Waals surface area contributed by atoms with E-state index in [1.54, 1.807) is 19.1 Å². The van der Waals surface area contributed by atoms with Crippen LogP contribution < -0.4 is 10.1 Å². The highest BCUT2D eigenvalue weighted by molar-refractivity contribution is 5.99. The van der Waals surface area contributed by atoms with E-state index in [0.717, 1.165) is 0 Å². The van der Waals surface area contributed by atoms with Crippen molar-refractivity contribution in [3.63, 3.8) is 0 Å². The van der Waals surface area contributed by atoms with Gasteiger partial charge in [0.25, 0.3) is 0 Å². The van der Waals surface area contributed by atoms with Crippen molar-refractivity contribution in [3.8, 4) is 5.75 Å². The molecular formula is C11H12FNO2. The molecule has 0 saturated carbocycles. The Balaban J connectivity index is 2.79. The topological polar surface area (TPSA) is 38.3 Å². The van der Waals surface area contributed by atoms with E-state index in [4.69, 9.17) is 4.74 Å². The monoisotopic (exact) mass is 209 g/mol. The van der Waals surface area contributed by atoms with Crippen molar-refractivity contribution in [2.24, 2.45) is 0 Å². The zero-order valence-corrected chi connectivity index (χ0v) is 8.58. The van der Waals surface area contributed by atoms with Crippen LogP contribution in [0.25, 0.3) is 0 Å². The van der Waals surface area contributed by atoms with Gasteiger partial charge in [0.2, 0.25) is 5.91 Å². The van der Waals surface area contributed by atoms with Gasteiger partial charge in [0.15, 0.2) is 11.6 Å². The molecule has 15 heavy (non-hydrogen) atoms. The van der Waals surface area contributed by atoms with Gasteiger partial charge in [-0.1, -0.05) is 6.08 Å². The molecule has 0 fully saturated rings. The predicted octanol–water partition coefficient (Wildman–Crippen LogP) is 2.35. The molecule has 0 heterocycles. The van der Waals surface area contributed by atoms with Crippen molar-refractivity contribution in [3.05, 3.63) is 36.2 Å². The number of anilines is 1. The molecule has 0 unspecified atom stereocenters. The molecule has 0 spiro atoms. The second kappa shape index (κ2) is 5.14. The lowest BCUT2D eigenvalue weighted by Crippen LogP contribution is -2.07. The van der Waals surface area contributed by atoms with Gasteiger partial charge in [0, 0.05) is 11.8 Å². The molecule has 4 heteroatoms. The van der Waals surface area contributed by atoms with Crippen LogP contribution in [0.4, 0.5) is 10.1 Å². The summed E-state index contributed by atoms with van der Waals surface area (Å²) in [5, 5.41) is 2.51. The zero-order valence-electron chi connectivity index (χ0n) is 8.58. The van der Waals surface area contributed by atoms with E-state index >= 15 is 0 Å². The van der Waals surface area contributed by atoms with Crippen molar-refractivity contribution >= 4 is 11.6 Å². The Labute approximate surface area is 87.6 Å². The molecule has 0 aliphatic rings. The minimum Gasteiger partial charge on any atom is -0.494 e.